The molecule has 3 rings (SSSR count). The highest BCUT2D eigenvalue weighted by atomic mass is 16.1. The van der Waals surface area contributed by atoms with Gasteiger partial charge in [0.25, 0.3) is 0 Å². The Balaban J connectivity index is 2.05. The van der Waals surface area contributed by atoms with E-state index in [-0.39, 0.29) is 18.4 Å². The minimum Gasteiger partial charge on any atom is -0.354 e. The third-order valence-corrected chi connectivity index (χ3v) is 3.59. The molecule has 23 heavy (non-hydrogen) atoms. The number of amides is 1. The summed E-state index contributed by atoms with van der Waals surface area (Å²) in [7, 11) is 0. The maximum absolute atomic E-state index is 12.0. The Morgan fingerprint density at radius 2 is 1.61 bits per heavy atom. The number of nitrogens with zero attached hydrogens (tertiary/aromatic N) is 2. The summed E-state index contributed by atoms with van der Waals surface area (Å²) >= 11 is 0. The van der Waals surface area contributed by atoms with Crippen LogP contribution in [0.1, 0.15) is 19.5 Å². The van der Waals surface area contributed by atoms with Crippen molar-refractivity contribution in [2.75, 3.05) is 0 Å². The van der Waals surface area contributed by atoms with Gasteiger partial charge in [0.2, 0.25) is 5.91 Å². The molecule has 0 aliphatic carbocycles. The van der Waals surface area contributed by atoms with E-state index >= 15 is 0 Å². The number of aromatic nitrogens is 2. The molecule has 0 bridgehead atoms. The van der Waals surface area contributed by atoms with Crippen LogP contribution in [0.4, 0.5) is 0 Å². The first-order chi connectivity index (χ1) is 11.1. The molecule has 116 valence electrons. The van der Waals surface area contributed by atoms with Crippen molar-refractivity contribution in [2.45, 2.75) is 26.3 Å². The van der Waals surface area contributed by atoms with E-state index in [1.165, 1.54) is 0 Å². The van der Waals surface area contributed by atoms with Crippen molar-refractivity contribution in [1.29, 1.82) is 0 Å². The van der Waals surface area contributed by atoms with Gasteiger partial charge in [0.05, 0.1) is 12.1 Å². The molecule has 0 fully saturated rings. The first-order valence-corrected chi connectivity index (χ1v) is 7.74. The van der Waals surface area contributed by atoms with Gasteiger partial charge >= 0.3 is 0 Å². The molecular weight excluding hydrogens is 286 g/mol. The van der Waals surface area contributed by atoms with Crippen LogP contribution >= 0.6 is 0 Å². The number of hydrogen-bond donors (Lipinski definition) is 1. The van der Waals surface area contributed by atoms with Crippen molar-refractivity contribution in [1.82, 2.24) is 15.5 Å². The van der Waals surface area contributed by atoms with Gasteiger partial charge < -0.3 is 5.32 Å². The minimum atomic E-state index is -0.0353. The zero-order valence-corrected chi connectivity index (χ0v) is 13.3. The molecule has 2 aromatic carbocycles. The Hall–Kier alpha value is -2.75. The van der Waals surface area contributed by atoms with E-state index in [4.69, 9.17) is 0 Å². The molecule has 1 heterocycles. The second kappa shape index (κ2) is 6.57. The van der Waals surface area contributed by atoms with Crippen LogP contribution in [0.2, 0.25) is 0 Å². The quantitative estimate of drug-likeness (QED) is 0.804. The summed E-state index contributed by atoms with van der Waals surface area (Å²) in [4.78, 5) is 12.0. The number of carbonyl (C=O) groups excluding carboxylic acids is 1. The average molecular weight is 305 g/mol. The van der Waals surface area contributed by atoms with Crippen molar-refractivity contribution in [3.63, 3.8) is 0 Å². The Kier molecular flexibility index (Phi) is 4.33. The van der Waals surface area contributed by atoms with Gasteiger partial charge in [-0.25, -0.2) is 0 Å². The average Bonchev–Trinajstić information content (AvgIpc) is 2.55. The highest BCUT2D eigenvalue weighted by Crippen LogP contribution is 2.27. The van der Waals surface area contributed by atoms with E-state index in [0.717, 1.165) is 22.0 Å². The van der Waals surface area contributed by atoms with Crippen LogP contribution in [0.25, 0.3) is 22.0 Å². The molecule has 0 radical (unpaired) electrons. The van der Waals surface area contributed by atoms with Crippen molar-refractivity contribution < 1.29 is 4.79 Å². The molecule has 0 saturated heterocycles. The predicted molar refractivity (Wildman–Crippen MR) is 92.0 cm³/mol. The van der Waals surface area contributed by atoms with E-state index in [2.05, 4.69) is 15.5 Å². The number of carbonyl (C=O) groups is 1. The van der Waals surface area contributed by atoms with Crippen LogP contribution in [0.3, 0.4) is 0 Å². The van der Waals surface area contributed by atoms with Gasteiger partial charge in [-0.05, 0) is 13.8 Å². The molecule has 0 unspecified atom stereocenters. The number of hydrogen-bond acceptors (Lipinski definition) is 3. The molecule has 1 N–H and O–H groups in total. The normalized spacial score (nSPS) is 10.9. The van der Waals surface area contributed by atoms with Crippen LogP contribution in [0.15, 0.2) is 54.6 Å². The SMILES string of the molecule is CC(C)NC(=O)Cc1nnc(-c2ccccc2)c2ccccc12. The van der Waals surface area contributed by atoms with Crippen LogP contribution in [0.5, 0.6) is 0 Å². The number of benzene rings is 2. The van der Waals surface area contributed by atoms with Crippen molar-refractivity contribution in [3.8, 4) is 11.3 Å². The monoisotopic (exact) mass is 305 g/mol. The van der Waals surface area contributed by atoms with Gasteiger partial charge in [0.1, 0.15) is 5.69 Å². The summed E-state index contributed by atoms with van der Waals surface area (Å²) in [5.41, 5.74) is 2.57. The predicted octanol–water partition coefficient (Wildman–Crippen LogP) is 3.36. The molecule has 4 heteroatoms. The summed E-state index contributed by atoms with van der Waals surface area (Å²) in [6.07, 6.45) is 0.237. The lowest BCUT2D eigenvalue weighted by Gasteiger charge is -2.11. The zero-order chi connectivity index (χ0) is 16.2. The number of nitrogens with one attached hydrogen (secondary N) is 1. The highest BCUT2D eigenvalue weighted by Gasteiger charge is 2.13. The van der Waals surface area contributed by atoms with Crippen molar-refractivity contribution in [3.05, 3.63) is 60.3 Å². The van der Waals surface area contributed by atoms with E-state index in [0.29, 0.717) is 5.69 Å². The summed E-state index contributed by atoms with van der Waals surface area (Å²) in [5.74, 6) is -0.0353. The lowest BCUT2D eigenvalue weighted by molar-refractivity contribution is -0.120. The Morgan fingerprint density at radius 1 is 0.957 bits per heavy atom. The Labute approximate surface area is 135 Å². The van der Waals surface area contributed by atoms with Gasteiger partial charge in [-0.3, -0.25) is 4.79 Å². The van der Waals surface area contributed by atoms with Crippen LogP contribution in [0, 0.1) is 0 Å². The van der Waals surface area contributed by atoms with Crippen LogP contribution in [-0.4, -0.2) is 22.1 Å². The third-order valence-electron chi connectivity index (χ3n) is 3.59. The van der Waals surface area contributed by atoms with E-state index < -0.39 is 0 Å². The molecule has 1 aromatic heterocycles. The Morgan fingerprint density at radius 3 is 2.30 bits per heavy atom. The first-order valence-electron chi connectivity index (χ1n) is 7.74. The lowest BCUT2D eigenvalue weighted by atomic mass is 10.0. The van der Waals surface area contributed by atoms with E-state index in [1.54, 1.807) is 0 Å². The van der Waals surface area contributed by atoms with Gasteiger partial charge in [-0.15, -0.1) is 5.10 Å². The standard InChI is InChI=1S/C19H19N3O/c1-13(2)20-18(23)12-17-15-10-6-7-11-16(15)19(22-21-17)14-8-4-3-5-9-14/h3-11,13H,12H2,1-2H3,(H,20,23). The molecule has 1 amide bonds. The molecule has 4 nitrogen and oxygen atoms in total. The smallest absolute Gasteiger partial charge is 0.226 e. The van der Waals surface area contributed by atoms with E-state index in [1.807, 2.05) is 68.4 Å². The minimum absolute atomic E-state index is 0.0353. The third kappa shape index (κ3) is 3.37. The maximum atomic E-state index is 12.0. The molecule has 0 spiro atoms. The van der Waals surface area contributed by atoms with Crippen molar-refractivity contribution in [2.24, 2.45) is 0 Å². The van der Waals surface area contributed by atoms with Crippen LogP contribution < -0.4 is 5.32 Å². The first kappa shape index (κ1) is 15.2. The Bertz CT molecular complexity index is 828. The molecule has 3 aromatic rings. The fourth-order valence-corrected chi connectivity index (χ4v) is 2.62. The number of rotatable bonds is 4. The topological polar surface area (TPSA) is 54.9 Å². The lowest BCUT2D eigenvalue weighted by Crippen LogP contribution is -2.31. The van der Waals surface area contributed by atoms with Crippen LogP contribution in [-0.2, 0) is 11.2 Å². The van der Waals surface area contributed by atoms with E-state index in [9.17, 15) is 4.79 Å². The van der Waals surface area contributed by atoms with Gasteiger partial charge in [0, 0.05) is 22.4 Å². The summed E-state index contributed by atoms with van der Waals surface area (Å²) in [6.45, 7) is 3.89. The highest BCUT2D eigenvalue weighted by molar-refractivity contribution is 5.97. The molecular formula is C19H19N3O. The second-order valence-corrected chi connectivity index (χ2v) is 5.81. The summed E-state index contributed by atoms with van der Waals surface area (Å²) in [5, 5.41) is 13.6. The molecule has 0 aliphatic rings. The zero-order valence-electron chi connectivity index (χ0n) is 13.3. The largest absolute Gasteiger partial charge is 0.354 e. The fourth-order valence-electron chi connectivity index (χ4n) is 2.62. The fraction of sp³-hybridized carbons (Fsp3) is 0.211. The number of fused-ring (bicyclic) bond motifs is 1. The maximum Gasteiger partial charge on any atom is 0.226 e. The summed E-state index contributed by atoms with van der Waals surface area (Å²) in [6, 6.07) is 18.0. The van der Waals surface area contributed by atoms with Gasteiger partial charge in [-0.1, -0.05) is 54.6 Å². The molecule has 0 aliphatic heterocycles. The second-order valence-electron chi connectivity index (χ2n) is 5.81. The van der Waals surface area contributed by atoms with Gasteiger partial charge in [-0.2, -0.15) is 5.10 Å². The van der Waals surface area contributed by atoms with Crippen molar-refractivity contribution >= 4 is 16.7 Å². The van der Waals surface area contributed by atoms with Gasteiger partial charge in [0.15, 0.2) is 0 Å². The molecule has 0 atom stereocenters. The summed E-state index contributed by atoms with van der Waals surface area (Å²) < 4.78 is 0. The molecule has 0 saturated carbocycles.